The topological polar surface area (TPSA) is 112 Å². The van der Waals surface area contributed by atoms with Gasteiger partial charge < -0.3 is 29.3 Å². The average molecular weight is 777 g/mol. The molecule has 52 heavy (non-hydrogen) atoms. The number of piperidine rings is 1. The molecule has 3 aliphatic heterocycles. The minimum absolute atomic E-state index is 0. The number of halogens is 3. The molecule has 0 radical (unpaired) electrons. The maximum atomic E-state index is 12.7. The van der Waals surface area contributed by atoms with E-state index in [1.54, 1.807) is 7.11 Å². The van der Waals surface area contributed by atoms with Gasteiger partial charge in [-0.2, -0.15) is 0 Å². The molecule has 2 N–H and O–H groups in total. The van der Waals surface area contributed by atoms with Gasteiger partial charge in [0.05, 0.1) is 30.8 Å². The third-order valence-electron chi connectivity index (χ3n) is 11.6. The van der Waals surface area contributed by atoms with E-state index in [4.69, 9.17) is 30.9 Å². The quantitative estimate of drug-likeness (QED) is 0.287. The van der Waals surface area contributed by atoms with E-state index in [0.29, 0.717) is 30.9 Å². The normalized spacial score (nSPS) is 26.7. The molecule has 3 fully saturated rings. The number of hydrogen-bond donors (Lipinski definition) is 2. The zero-order chi connectivity index (χ0) is 35.0. The van der Waals surface area contributed by atoms with Crippen LogP contribution in [0.3, 0.4) is 0 Å². The van der Waals surface area contributed by atoms with Crippen LogP contribution in [0, 0.1) is 0 Å². The maximum Gasteiger partial charge on any atom is 0.329 e. The van der Waals surface area contributed by atoms with E-state index in [1.807, 2.05) is 24.3 Å². The molecule has 0 aromatic heterocycles. The van der Waals surface area contributed by atoms with E-state index >= 15 is 0 Å². The highest BCUT2D eigenvalue weighted by Gasteiger charge is 2.72. The fraction of sp³-hybridized carbons (Fsp3) is 0.487. The number of likely N-dealkylation sites (N-methyl/N-ethyl adjacent to an activating group) is 1. The minimum Gasteiger partial charge on any atom is -0.493 e. The molecule has 1 unspecified atom stereocenters. The predicted molar refractivity (Wildman–Crippen MR) is 204 cm³/mol. The van der Waals surface area contributed by atoms with Gasteiger partial charge in [0.15, 0.2) is 23.4 Å². The number of aliphatic hydroxyl groups is 1. The molecular weight excluding hydrogens is 729 g/mol. The van der Waals surface area contributed by atoms with Crippen molar-refractivity contribution < 1.29 is 34.0 Å². The van der Waals surface area contributed by atoms with Crippen LogP contribution in [0.4, 0.5) is 0 Å². The van der Waals surface area contributed by atoms with Crippen LogP contribution in [0.25, 0.3) is 0 Å². The van der Waals surface area contributed by atoms with Crippen LogP contribution < -0.4 is 9.47 Å². The largest absolute Gasteiger partial charge is 0.493 e. The van der Waals surface area contributed by atoms with Gasteiger partial charge in [0, 0.05) is 55.8 Å². The molecule has 10 nitrogen and oxygen atoms in total. The molecule has 1 spiro atoms. The zero-order valence-corrected chi connectivity index (χ0v) is 31.9. The van der Waals surface area contributed by atoms with Gasteiger partial charge in [0.2, 0.25) is 0 Å². The summed E-state index contributed by atoms with van der Waals surface area (Å²) in [5.74, 6) is 0.546. The highest BCUT2D eigenvalue weighted by molar-refractivity contribution is 6.30. The van der Waals surface area contributed by atoms with Gasteiger partial charge in [-0.3, -0.25) is 14.6 Å². The number of piperazine rings is 1. The van der Waals surface area contributed by atoms with Crippen molar-refractivity contribution >= 4 is 48.2 Å². The van der Waals surface area contributed by atoms with Crippen molar-refractivity contribution in [3.05, 3.63) is 94.0 Å². The van der Waals surface area contributed by atoms with Crippen molar-refractivity contribution in [2.75, 3.05) is 66.6 Å². The van der Waals surface area contributed by atoms with E-state index in [1.165, 1.54) is 16.7 Å². The van der Waals surface area contributed by atoms with Crippen molar-refractivity contribution in [3.8, 4) is 11.5 Å². The first-order valence-corrected chi connectivity index (χ1v) is 17.9. The minimum atomic E-state index is -0.923. The standard InChI is InChI=1S/C21H25ClN2O3.C18H21NO4.2ClH/c22-19-8-6-18(7-9-19)21(17-4-2-1-3-5-17)24-12-10-23(11-13-24)14-15-27-16-20(25)26;1-19-8-7-17-14-10-3-4-12(22-2)15(14)23-16(17)11(20)5-6-18(17,21)13(19)9-10;;/h1-9,21H,10-16H2,(H,25,26);3-4,13,16,21H,5-9H2,1-2H3;2*1H/t;13-,16+,17+,18-;;/m.1../s1. The average Bonchev–Trinajstić information content (AvgIpc) is 3.49. The number of methoxy groups -OCH3 is 1. The number of nitrogens with zero attached hydrogens (tertiary/aromatic N) is 3. The van der Waals surface area contributed by atoms with Crippen molar-refractivity contribution in [2.45, 2.75) is 54.9 Å². The third-order valence-corrected chi connectivity index (χ3v) is 11.8. The molecule has 0 amide bonds. The molecule has 282 valence electrons. The number of likely N-dealkylation sites (tertiary alicyclic amines) is 1. The maximum absolute atomic E-state index is 12.7. The highest BCUT2D eigenvalue weighted by atomic mass is 35.5. The number of carbonyl (C=O) groups is 2. The van der Waals surface area contributed by atoms with E-state index in [-0.39, 0.29) is 49.3 Å². The van der Waals surface area contributed by atoms with Gasteiger partial charge in [0.25, 0.3) is 0 Å². The Labute approximate surface area is 322 Å². The van der Waals surface area contributed by atoms with E-state index < -0.39 is 23.1 Å². The SMILES string of the molecule is COc1ccc2c3c1O[C@H]1C(=O)CC[C@@]4(O)[C@@H](C2)N(C)CC[C@]314.Cl.Cl.O=C(O)COCCN1CCN(C(c2ccccc2)c2ccc(Cl)cc2)CC1. The second-order valence-corrected chi connectivity index (χ2v) is 14.6. The van der Waals surface area contributed by atoms with Crippen LogP contribution in [0.2, 0.25) is 5.02 Å². The Morgan fingerprint density at radius 2 is 1.67 bits per heavy atom. The predicted octanol–water partition coefficient (Wildman–Crippen LogP) is 5.04. The van der Waals surface area contributed by atoms with Crippen molar-refractivity contribution in [2.24, 2.45) is 0 Å². The van der Waals surface area contributed by atoms with Gasteiger partial charge >= 0.3 is 5.97 Å². The van der Waals surface area contributed by atoms with Gasteiger partial charge in [-0.25, -0.2) is 4.79 Å². The number of carbonyl (C=O) groups excluding carboxylic acids is 1. The molecule has 8 rings (SSSR count). The monoisotopic (exact) mass is 775 g/mol. The van der Waals surface area contributed by atoms with Crippen molar-refractivity contribution in [3.63, 3.8) is 0 Å². The Morgan fingerprint density at radius 1 is 0.981 bits per heavy atom. The summed E-state index contributed by atoms with van der Waals surface area (Å²) in [4.78, 5) is 30.2. The lowest BCUT2D eigenvalue weighted by Crippen LogP contribution is -2.76. The first-order valence-electron chi connectivity index (χ1n) is 17.5. The van der Waals surface area contributed by atoms with Crippen LogP contribution in [0.5, 0.6) is 11.5 Å². The van der Waals surface area contributed by atoms with Gasteiger partial charge in [-0.15, -0.1) is 24.8 Å². The number of ketones is 1. The molecular formula is C39H48Cl3N3O7. The molecule has 5 aliphatic rings. The number of rotatable bonds is 9. The lowest BCUT2D eigenvalue weighted by Gasteiger charge is -2.62. The molecule has 2 bridgehead atoms. The van der Waals surface area contributed by atoms with Crippen molar-refractivity contribution in [1.29, 1.82) is 0 Å². The summed E-state index contributed by atoms with van der Waals surface area (Å²) in [6, 6.07) is 22.9. The second-order valence-electron chi connectivity index (χ2n) is 14.1. The lowest BCUT2D eigenvalue weighted by molar-refractivity contribution is -0.185. The van der Waals surface area contributed by atoms with Gasteiger partial charge in [-0.05, 0) is 67.7 Å². The summed E-state index contributed by atoms with van der Waals surface area (Å²) in [6.45, 7) is 5.62. The van der Waals surface area contributed by atoms with Crippen LogP contribution in [0.15, 0.2) is 66.7 Å². The molecule has 3 heterocycles. The molecule has 2 aliphatic carbocycles. The smallest absolute Gasteiger partial charge is 0.329 e. The summed E-state index contributed by atoms with van der Waals surface area (Å²) >= 11 is 6.08. The summed E-state index contributed by atoms with van der Waals surface area (Å²) < 4.78 is 16.8. The number of hydrogen-bond acceptors (Lipinski definition) is 9. The van der Waals surface area contributed by atoms with Crippen molar-refractivity contribution in [1.82, 2.24) is 14.7 Å². The summed E-state index contributed by atoms with van der Waals surface area (Å²) in [7, 11) is 3.70. The number of aliphatic carboxylic acids is 1. The van der Waals surface area contributed by atoms with Crippen LogP contribution in [0.1, 0.15) is 47.6 Å². The first kappa shape index (κ1) is 40.3. The summed E-state index contributed by atoms with van der Waals surface area (Å²) in [5, 5.41) is 21.1. The van der Waals surface area contributed by atoms with Crippen LogP contribution in [-0.4, -0.2) is 121 Å². The molecule has 3 aromatic carbocycles. The fourth-order valence-corrected chi connectivity index (χ4v) is 9.30. The summed E-state index contributed by atoms with van der Waals surface area (Å²) in [5.41, 5.74) is 3.25. The summed E-state index contributed by atoms with van der Waals surface area (Å²) in [6.07, 6.45) is 1.89. The third kappa shape index (κ3) is 7.17. The Hall–Kier alpha value is -2.93. The number of Topliss-reactive ketones (excluding diaryl/α,β-unsaturated/α-hetero) is 1. The Morgan fingerprint density at radius 3 is 2.35 bits per heavy atom. The van der Waals surface area contributed by atoms with E-state index in [0.717, 1.165) is 62.7 Å². The second kappa shape index (κ2) is 16.6. The number of carboxylic acids is 1. The molecule has 3 aromatic rings. The Kier molecular flexibility index (Phi) is 12.9. The molecule has 1 saturated carbocycles. The number of carboxylic acid groups (broad SMARTS) is 1. The Bertz CT molecular complexity index is 1710. The van der Waals surface area contributed by atoms with E-state index in [2.05, 4.69) is 64.2 Å². The van der Waals surface area contributed by atoms with Crippen LogP contribution in [-0.2, 0) is 26.2 Å². The lowest BCUT2D eigenvalue weighted by atomic mass is 9.49. The van der Waals surface area contributed by atoms with Gasteiger partial charge in [0.1, 0.15) is 6.61 Å². The zero-order valence-electron chi connectivity index (χ0n) is 29.5. The highest BCUT2D eigenvalue weighted by Crippen LogP contribution is 2.64. The Balaban J connectivity index is 0.000000195. The fourth-order valence-electron chi connectivity index (χ4n) is 9.18. The van der Waals surface area contributed by atoms with Gasteiger partial charge in [-0.1, -0.05) is 60.1 Å². The number of ether oxygens (including phenoxy) is 3. The van der Waals surface area contributed by atoms with E-state index in [9.17, 15) is 14.7 Å². The molecule has 2 saturated heterocycles. The number of benzene rings is 3. The molecule has 13 heteroatoms. The van der Waals surface area contributed by atoms with Crippen LogP contribution >= 0.6 is 36.4 Å². The first-order chi connectivity index (χ1) is 24.2. The molecule has 5 atom stereocenters.